The van der Waals surface area contributed by atoms with Crippen molar-refractivity contribution < 1.29 is 23.7 Å². The molecule has 0 atom stereocenters. The van der Waals surface area contributed by atoms with Crippen LogP contribution in [-0.2, 0) is 4.74 Å². The number of rotatable bonds is 6. The number of ether oxygens (including phenoxy) is 4. The van der Waals surface area contributed by atoms with Gasteiger partial charge in [0.15, 0.2) is 11.5 Å². The highest BCUT2D eigenvalue weighted by Crippen LogP contribution is 2.40. The molecule has 0 aromatic heterocycles. The predicted molar refractivity (Wildman–Crippen MR) is 92.0 cm³/mol. The fraction of sp³-hybridized carbons (Fsp3) is 0.211. The smallest absolute Gasteiger partial charge is 0.337 e. The Morgan fingerprint density at radius 1 is 0.792 bits per heavy atom. The summed E-state index contributed by atoms with van der Waals surface area (Å²) in [5.41, 5.74) is 2.96. The van der Waals surface area contributed by atoms with Crippen LogP contribution in [-0.4, -0.2) is 34.4 Å². The molecule has 0 aliphatic rings. The normalized spacial score (nSPS) is 10.0. The van der Waals surface area contributed by atoms with Gasteiger partial charge in [-0.15, -0.1) is 0 Å². The summed E-state index contributed by atoms with van der Waals surface area (Å²) >= 11 is 0. The van der Waals surface area contributed by atoms with Gasteiger partial charge in [0, 0.05) is 0 Å². The van der Waals surface area contributed by atoms with Crippen LogP contribution in [0.25, 0.3) is 5.57 Å². The Balaban J connectivity index is 2.40. The molecule has 5 heteroatoms. The van der Waals surface area contributed by atoms with E-state index in [1.54, 1.807) is 33.5 Å². The van der Waals surface area contributed by atoms with Gasteiger partial charge in [0.25, 0.3) is 0 Å². The Morgan fingerprint density at radius 2 is 1.29 bits per heavy atom. The average Bonchev–Trinajstić information content (AvgIpc) is 2.65. The van der Waals surface area contributed by atoms with Gasteiger partial charge in [-0.2, -0.15) is 0 Å². The molecule has 126 valence electrons. The van der Waals surface area contributed by atoms with E-state index >= 15 is 0 Å². The van der Waals surface area contributed by atoms with Crippen molar-refractivity contribution in [3.8, 4) is 17.2 Å². The van der Waals surface area contributed by atoms with Crippen molar-refractivity contribution in [3.05, 3.63) is 59.7 Å². The van der Waals surface area contributed by atoms with Crippen LogP contribution in [0.2, 0.25) is 0 Å². The Hall–Kier alpha value is -2.95. The zero-order valence-corrected chi connectivity index (χ0v) is 14.2. The van der Waals surface area contributed by atoms with Crippen LogP contribution >= 0.6 is 0 Å². The largest absolute Gasteiger partial charge is 0.493 e. The summed E-state index contributed by atoms with van der Waals surface area (Å²) in [5, 5.41) is 0. The monoisotopic (exact) mass is 328 g/mol. The van der Waals surface area contributed by atoms with Gasteiger partial charge in [0.1, 0.15) is 0 Å². The molecule has 0 saturated carbocycles. The Bertz CT molecular complexity index is 722. The molecule has 0 heterocycles. The van der Waals surface area contributed by atoms with E-state index in [4.69, 9.17) is 18.9 Å². The minimum atomic E-state index is -0.375. The molecule has 2 aromatic rings. The van der Waals surface area contributed by atoms with Gasteiger partial charge in [-0.25, -0.2) is 4.79 Å². The van der Waals surface area contributed by atoms with Crippen LogP contribution in [0.4, 0.5) is 0 Å². The van der Waals surface area contributed by atoms with E-state index in [2.05, 4.69) is 6.58 Å². The third kappa shape index (κ3) is 3.35. The zero-order valence-electron chi connectivity index (χ0n) is 14.2. The Kier molecular flexibility index (Phi) is 5.47. The highest BCUT2D eigenvalue weighted by Gasteiger charge is 2.15. The molecule has 24 heavy (non-hydrogen) atoms. The van der Waals surface area contributed by atoms with Crippen LogP contribution in [0.3, 0.4) is 0 Å². The van der Waals surface area contributed by atoms with E-state index in [0.29, 0.717) is 22.8 Å². The van der Waals surface area contributed by atoms with Crippen molar-refractivity contribution >= 4 is 11.5 Å². The second kappa shape index (κ2) is 7.55. The number of carbonyl (C=O) groups is 1. The third-order valence-corrected chi connectivity index (χ3v) is 3.67. The van der Waals surface area contributed by atoms with E-state index < -0.39 is 0 Å². The molecule has 0 bridgehead atoms. The lowest BCUT2D eigenvalue weighted by atomic mass is 9.98. The number of hydrogen-bond donors (Lipinski definition) is 0. The quantitative estimate of drug-likeness (QED) is 0.759. The Morgan fingerprint density at radius 3 is 1.71 bits per heavy atom. The van der Waals surface area contributed by atoms with E-state index in [1.165, 1.54) is 7.11 Å². The van der Waals surface area contributed by atoms with E-state index in [0.717, 1.165) is 16.7 Å². The summed E-state index contributed by atoms with van der Waals surface area (Å²) < 4.78 is 20.7. The summed E-state index contributed by atoms with van der Waals surface area (Å²) in [6, 6.07) is 10.7. The first-order valence-electron chi connectivity index (χ1n) is 7.23. The summed E-state index contributed by atoms with van der Waals surface area (Å²) in [7, 11) is 6.04. The van der Waals surface area contributed by atoms with Gasteiger partial charge in [-0.05, 0) is 41.0 Å². The first-order valence-corrected chi connectivity index (χ1v) is 7.23. The van der Waals surface area contributed by atoms with Crippen molar-refractivity contribution in [2.45, 2.75) is 0 Å². The van der Waals surface area contributed by atoms with Crippen molar-refractivity contribution in [2.24, 2.45) is 0 Å². The molecule has 0 aliphatic carbocycles. The molecule has 2 aromatic carbocycles. The summed E-state index contributed by atoms with van der Waals surface area (Å²) in [4.78, 5) is 11.5. The molecule has 5 nitrogen and oxygen atoms in total. The number of methoxy groups -OCH3 is 4. The maximum atomic E-state index is 11.5. The molecule has 0 saturated heterocycles. The second-order valence-corrected chi connectivity index (χ2v) is 4.96. The van der Waals surface area contributed by atoms with Crippen molar-refractivity contribution in [1.29, 1.82) is 0 Å². The molecule has 0 spiro atoms. The molecule has 0 N–H and O–H groups in total. The topological polar surface area (TPSA) is 54.0 Å². The highest BCUT2D eigenvalue weighted by molar-refractivity contribution is 5.90. The molecular formula is C19H20O5. The highest BCUT2D eigenvalue weighted by atomic mass is 16.5. The third-order valence-electron chi connectivity index (χ3n) is 3.67. The lowest BCUT2D eigenvalue weighted by molar-refractivity contribution is 0.0600. The van der Waals surface area contributed by atoms with Gasteiger partial charge in [-0.3, -0.25) is 0 Å². The maximum Gasteiger partial charge on any atom is 0.337 e. The minimum Gasteiger partial charge on any atom is -0.493 e. The van der Waals surface area contributed by atoms with Crippen molar-refractivity contribution in [2.75, 3.05) is 28.4 Å². The van der Waals surface area contributed by atoms with Crippen LogP contribution in [0.15, 0.2) is 43.0 Å². The van der Waals surface area contributed by atoms with Gasteiger partial charge >= 0.3 is 5.97 Å². The molecular weight excluding hydrogens is 308 g/mol. The SMILES string of the molecule is C=C(c1ccc(C(=O)OC)cc1)c1cc(OC)c(OC)c(OC)c1. The average molecular weight is 328 g/mol. The van der Waals surface area contributed by atoms with Crippen LogP contribution < -0.4 is 14.2 Å². The molecule has 0 aliphatic heterocycles. The van der Waals surface area contributed by atoms with E-state index in [-0.39, 0.29) is 5.97 Å². The van der Waals surface area contributed by atoms with Crippen molar-refractivity contribution in [1.82, 2.24) is 0 Å². The van der Waals surface area contributed by atoms with Crippen molar-refractivity contribution in [3.63, 3.8) is 0 Å². The summed E-state index contributed by atoms with van der Waals surface area (Å²) in [6.45, 7) is 4.13. The molecule has 0 radical (unpaired) electrons. The summed E-state index contributed by atoms with van der Waals surface area (Å²) in [5.74, 6) is 1.26. The number of esters is 1. The molecule has 2 rings (SSSR count). The molecule has 0 fully saturated rings. The van der Waals surface area contributed by atoms with Crippen LogP contribution in [0, 0.1) is 0 Å². The number of hydrogen-bond acceptors (Lipinski definition) is 5. The minimum absolute atomic E-state index is 0.375. The fourth-order valence-electron chi connectivity index (χ4n) is 2.35. The van der Waals surface area contributed by atoms with Gasteiger partial charge < -0.3 is 18.9 Å². The Labute approximate surface area is 141 Å². The van der Waals surface area contributed by atoms with E-state index in [9.17, 15) is 4.79 Å². The standard InChI is InChI=1S/C19H20O5/c1-12(13-6-8-14(9-7-13)19(20)24-5)15-10-16(21-2)18(23-4)17(11-15)22-3/h6-11H,1H2,2-5H3. The van der Waals surface area contributed by atoms with Gasteiger partial charge in [0.05, 0.1) is 34.0 Å². The second-order valence-electron chi connectivity index (χ2n) is 4.96. The maximum absolute atomic E-state index is 11.5. The first-order chi connectivity index (χ1) is 11.5. The fourth-order valence-corrected chi connectivity index (χ4v) is 2.35. The van der Waals surface area contributed by atoms with E-state index in [1.807, 2.05) is 24.3 Å². The summed E-state index contributed by atoms with van der Waals surface area (Å²) in [6.07, 6.45) is 0. The molecule has 0 amide bonds. The van der Waals surface area contributed by atoms with Crippen LogP contribution in [0.1, 0.15) is 21.5 Å². The lowest BCUT2D eigenvalue weighted by Gasteiger charge is -2.15. The number of carbonyl (C=O) groups excluding carboxylic acids is 1. The number of benzene rings is 2. The molecule has 0 unspecified atom stereocenters. The lowest BCUT2D eigenvalue weighted by Crippen LogP contribution is -2.01. The van der Waals surface area contributed by atoms with Gasteiger partial charge in [-0.1, -0.05) is 18.7 Å². The van der Waals surface area contributed by atoms with Gasteiger partial charge in [0.2, 0.25) is 5.75 Å². The zero-order chi connectivity index (χ0) is 17.7. The van der Waals surface area contributed by atoms with Crippen LogP contribution in [0.5, 0.6) is 17.2 Å². The first kappa shape index (κ1) is 17.4. The predicted octanol–water partition coefficient (Wildman–Crippen LogP) is 3.56.